The number of fused-ring (bicyclic) bond motifs is 8. The predicted molar refractivity (Wildman–Crippen MR) is 128 cm³/mol. The lowest BCUT2D eigenvalue weighted by molar-refractivity contribution is 1.37. The van der Waals surface area contributed by atoms with E-state index in [2.05, 4.69) is 95.4 Å². The molecule has 7 aromatic rings. The van der Waals surface area contributed by atoms with Gasteiger partial charge in [-0.05, 0) is 40.6 Å². The number of benzene rings is 5. The van der Waals surface area contributed by atoms with Gasteiger partial charge in [0.25, 0.3) is 0 Å². The van der Waals surface area contributed by atoms with Crippen LogP contribution in [0.15, 0.2) is 97.1 Å². The maximum atomic E-state index is 6.57. The van der Waals surface area contributed by atoms with Crippen LogP contribution >= 0.6 is 0 Å². The fourth-order valence-electron chi connectivity index (χ4n) is 5.19. The number of hydrogen-bond acceptors (Lipinski definition) is 1. The zero-order valence-electron chi connectivity index (χ0n) is 16.3. The van der Waals surface area contributed by atoms with Crippen LogP contribution in [0.1, 0.15) is 0 Å². The van der Waals surface area contributed by atoms with Gasteiger partial charge in [-0.3, -0.25) is 0 Å². The number of hydrogen-bond donors (Lipinski definition) is 1. The van der Waals surface area contributed by atoms with Gasteiger partial charge in [0.05, 0.1) is 16.6 Å². The highest BCUT2D eigenvalue weighted by molar-refractivity contribution is 6.29. The minimum Gasteiger partial charge on any atom is -0.398 e. The first-order valence-corrected chi connectivity index (χ1v) is 10.3. The van der Waals surface area contributed by atoms with Crippen LogP contribution in [0, 0.1) is 0 Å². The summed E-state index contributed by atoms with van der Waals surface area (Å²) in [6, 6.07) is 34.6. The van der Waals surface area contributed by atoms with Crippen molar-refractivity contribution in [1.82, 2.24) is 4.40 Å². The van der Waals surface area contributed by atoms with Crippen molar-refractivity contribution >= 4 is 54.6 Å². The Morgan fingerprint density at radius 1 is 0.567 bits per heavy atom. The van der Waals surface area contributed by atoms with Gasteiger partial charge < -0.3 is 10.1 Å². The summed E-state index contributed by atoms with van der Waals surface area (Å²) in [6.07, 6.45) is 0. The first-order chi connectivity index (χ1) is 14.8. The van der Waals surface area contributed by atoms with Gasteiger partial charge in [0.15, 0.2) is 0 Å². The third-order valence-corrected chi connectivity index (χ3v) is 6.46. The van der Waals surface area contributed by atoms with E-state index in [1.165, 1.54) is 48.9 Å². The largest absolute Gasteiger partial charge is 0.398 e. The number of para-hydroxylation sites is 2. The second-order valence-electron chi connectivity index (χ2n) is 8.04. The summed E-state index contributed by atoms with van der Waals surface area (Å²) in [7, 11) is 0. The number of rotatable bonds is 1. The summed E-state index contributed by atoms with van der Waals surface area (Å²) in [5.74, 6) is 0. The van der Waals surface area contributed by atoms with Gasteiger partial charge in [0.2, 0.25) is 0 Å². The summed E-state index contributed by atoms with van der Waals surface area (Å²) in [4.78, 5) is 0. The quantitative estimate of drug-likeness (QED) is 0.298. The molecule has 0 atom stereocenters. The average molecular weight is 382 g/mol. The van der Waals surface area contributed by atoms with Gasteiger partial charge in [0, 0.05) is 32.8 Å². The highest BCUT2D eigenvalue weighted by Crippen LogP contribution is 2.42. The van der Waals surface area contributed by atoms with Crippen LogP contribution in [0.4, 0.5) is 5.69 Å². The molecule has 140 valence electrons. The Labute approximate surface area is 173 Å². The summed E-state index contributed by atoms with van der Waals surface area (Å²) in [5, 5.41) is 7.61. The molecule has 2 aromatic heterocycles. The van der Waals surface area contributed by atoms with E-state index in [1.54, 1.807) is 0 Å². The van der Waals surface area contributed by atoms with Crippen molar-refractivity contribution in [2.45, 2.75) is 0 Å². The molecule has 2 heterocycles. The van der Waals surface area contributed by atoms with E-state index in [-0.39, 0.29) is 0 Å². The van der Waals surface area contributed by atoms with Crippen molar-refractivity contribution in [3.63, 3.8) is 0 Å². The van der Waals surface area contributed by atoms with E-state index in [9.17, 15) is 0 Å². The van der Waals surface area contributed by atoms with Crippen LogP contribution < -0.4 is 5.73 Å². The Hall–Kier alpha value is -4.04. The van der Waals surface area contributed by atoms with Gasteiger partial charge in [0.1, 0.15) is 0 Å². The molecule has 0 fully saturated rings. The maximum Gasteiger partial charge on any atom is 0.0620 e. The summed E-state index contributed by atoms with van der Waals surface area (Å²) < 4.78 is 2.41. The molecular weight excluding hydrogens is 364 g/mol. The van der Waals surface area contributed by atoms with Gasteiger partial charge in [-0.15, -0.1) is 0 Å². The monoisotopic (exact) mass is 382 g/mol. The van der Waals surface area contributed by atoms with Gasteiger partial charge in [-0.25, -0.2) is 0 Å². The molecule has 0 unspecified atom stereocenters. The lowest BCUT2D eigenvalue weighted by atomic mass is 9.96. The number of nitrogens with two attached hydrogens (primary N) is 1. The van der Waals surface area contributed by atoms with Crippen LogP contribution in [-0.2, 0) is 0 Å². The van der Waals surface area contributed by atoms with Gasteiger partial charge >= 0.3 is 0 Å². The number of anilines is 1. The highest BCUT2D eigenvalue weighted by Gasteiger charge is 2.18. The summed E-state index contributed by atoms with van der Waals surface area (Å²) >= 11 is 0. The molecule has 0 aliphatic rings. The second kappa shape index (κ2) is 5.52. The second-order valence-corrected chi connectivity index (χ2v) is 8.04. The van der Waals surface area contributed by atoms with Crippen LogP contribution in [0.25, 0.3) is 60.0 Å². The third kappa shape index (κ3) is 1.88. The van der Waals surface area contributed by atoms with Crippen molar-refractivity contribution in [2.24, 2.45) is 0 Å². The summed E-state index contributed by atoms with van der Waals surface area (Å²) in [6.45, 7) is 0. The van der Waals surface area contributed by atoms with Crippen LogP contribution in [-0.4, -0.2) is 4.40 Å². The topological polar surface area (TPSA) is 30.4 Å². The van der Waals surface area contributed by atoms with E-state index in [0.717, 1.165) is 16.8 Å². The van der Waals surface area contributed by atoms with E-state index in [4.69, 9.17) is 5.73 Å². The molecule has 7 rings (SSSR count). The number of nitrogens with zero attached hydrogens (tertiary/aromatic N) is 1. The van der Waals surface area contributed by atoms with Crippen molar-refractivity contribution in [2.75, 3.05) is 5.73 Å². The van der Waals surface area contributed by atoms with E-state index in [1.807, 2.05) is 6.07 Å². The third-order valence-electron chi connectivity index (χ3n) is 6.46. The van der Waals surface area contributed by atoms with Gasteiger partial charge in [-0.2, -0.15) is 0 Å². The average Bonchev–Trinajstić information content (AvgIpc) is 3.31. The van der Waals surface area contributed by atoms with Gasteiger partial charge in [-0.1, -0.05) is 72.8 Å². The molecule has 5 aromatic carbocycles. The Kier molecular flexibility index (Phi) is 2.91. The predicted octanol–water partition coefficient (Wildman–Crippen LogP) is 7.24. The molecule has 0 radical (unpaired) electrons. The lowest BCUT2D eigenvalue weighted by Crippen LogP contribution is -1.91. The van der Waals surface area contributed by atoms with Crippen LogP contribution in [0.5, 0.6) is 0 Å². The van der Waals surface area contributed by atoms with Crippen LogP contribution in [0.2, 0.25) is 0 Å². The zero-order chi connectivity index (χ0) is 19.8. The lowest BCUT2D eigenvalue weighted by Gasteiger charge is -2.10. The molecular formula is C28H18N2. The zero-order valence-corrected chi connectivity index (χ0v) is 16.3. The molecule has 0 aliphatic heterocycles. The van der Waals surface area contributed by atoms with Crippen molar-refractivity contribution < 1.29 is 0 Å². The highest BCUT2D eigenvalue weighted by atomic mass is 14.9. The van der Waals surface area contributed by atoms with E-state index >= 15 is 0 Å². The molecule has 2 N–H and O–H groups in total. The molecule has 0 saturated carbocycles. The standard InChI is InChI=1S/C28H18N2/c29-24-16-23-18(15-22(24)17-7-2-1-3-8-17)13-14-26-27(23)21-11-6-10-20-19-9-4-5-12-25(19)30(26)28(20)21/h1-16H,29H2. The SMILES string of the molecule is Nc1cc2c(ccc3c2c2cccc4c5ccccc5n3c42)cc1-c1ccccc1. The molecule has 0 bridgehead atoms. The smallest absolute Gasteiger partial charge is 0.0620 e. The fourth-order valence-corrected chi connectivity index (χ4v) is 5.19. The molecule has 0 amide bonds. The van der Waals surface area contributed by atoms with Crippen LogP contribution in [0.3, 0.4) is 0 Å². The van der Waals surface area contributed by atoms with E-state index < -0.39 is 0 Å². The first-order valence-electron chi connectivity index (χ1n) is 10.3. The first kappa shape index (κ1) is 15.8. The van der Waals surface area contributed by atoms with E-state index in [0.29, 0.717) is 0 Å². The Morgan fingerprint density at radius 3 is 2.23 bits per heavy atom. The minimum atomic E-state index is 0.815. The molecule has 2 heteroatoms. The minimum absolute atomic E-state index is 0.815. The molecule has 0 spiro atoms. The Balaban J connectivity index is 1.68. The van der Waals surface area contributed by atoms with Crippen molar-refractivity contribution in [3.8, 4) is 11.1 Å². The Morgan fingerprint density at radius 2 is 1.33 bits per heavy atom. The molecule has 30 heavy (non-hydrogen) atoms. The fraction of sp³-hybridized carbons (Fsp3) is 0. The Bertz CT molecular complexity index is 1740. The number of nitrogen functional groups attached to an aromatic ring is 1. The normalized spacial score (nSPS) is 12.1. The van der Waals surface area contributed by atoms with Crippen molar-refractivity contribution in [1.29, 1.82) is 0 Å². The molecule has 2 nitrogen and oxygen atoms in total. The maximum absolute atomic E-state index is 6.57. The van der Waals surface area contributed by atoms with Crippen molar-refractivity contribution in [3.05, 3.63) is 97.1 Å². The molecule has 0 saturated heterocycles. The summed E-state index contributed by atoms with van der Waals surface area (Å²) in [5.41, 5.74) is 13.4. The number of aromatic nitrogens is 1. The molecule has 0 aliphatic carbocycles.